The highest BCUT2D eigenvalue weighted by molar-refractivity contribution is 7.18. The summed E-state index contributed by atoms with van der Waals surface area (Å²) in [4.78, 5) is 24.5. The second kappa shape index (κ2) is 8.71. The van der Waals surface area contributed by atoms with Crippen LogP contribution in [-0.4, -0.2) is 28.1 Å². The molecule has 0 fully saturated rings. The second-order valence-corrected chi connectivity index (χ2v) is 7.63. The van der Waals surface area contributed by atoms with Crippen molar-refractivity contribution in [3.05, 3.63) is 30.3 Å². The number of hydrogen-bond acceptors (Lipinski definition) is 5. The molecule has 1 heterocycles. The van der Waals surface area contributed by atoms with Crippen molar-refractivity contribution in [3.63, 3.8) is 0 Å². The monoisotopic (exact) mass is 360 g/mol. The molecule has 0 aliphatic rings. The van der Waals surface area contributed by atoms with Crippen molar-refractivity contribution >= 4 is 28.3 Å². The van der Waals surface area contributed by atoms with Gasteiger partial charge in [0.25, 0.3) is 0 Å². The van der Waals surface area contributed by atoms with Gasteiger partial charge in [-0.05, 0) is 11.8 Å². The van der Waals surface area contributed by atoms with Crippen LogP contribution in [-0.2, 0) is 9.59 Å². The molecular weight excluding hydrogens is 336 g/mol. The zero-order valence-electron chi connectivity index (χ0n) is 14.9. The molecule has 0 saturated carbocycles. The van der Waals surface area contributed by atoms with Gasteiger partial charge in [-0.15, -0.1) is 10.2 Å². The number of carbonyl (C=O) groups is 2. The largest absolute Gasteiger partial charge is 0.344 e. The van der Waals surface area contributed by atoms with Gasteiger partial charge in [0.05, 0.1) is 0 Å². The maximum absolute atomic E-state index is 12.5. The Morgan fingerprint density at radius 2 is 1.76 bits per heavy atom. The van der Waals surface area contributed by atoms with Crippen molar-refractivity contribution in [2.24, 2.45) is 11.8 Å². The van der Waals surface area contributed by atoms with Gasteiger partial charge in [-0.2, -0.15) is 0 Å². The van der Waals surface area contributed by atoms with E-state index in [4.69, 9.17) is 0 Å². The molecule has 0 aliphatic carbocycles. The van der Waals surface area contributed by atoms with E-state index in [1.165, 1.54) is 11.3 Å². The highest BCUT2D eigenvalue weighted by Gasteiger charge is 2.25. The first-order valence-corrected chi connectivity index (χ1v) is 9.17. The Labute approximate surface area is 152 Å². The smallest absolute Gasteiger partial charge is 0.249 e. The van der Waals surface area contributed by atoms with Gasteiger partial charge < -0.3 is 5.32 Å². The van der Waals surface area contributed by atoms with Crippen LogP contribution in [0, 0.1) is 11.8 Å². The number of carbonyl (C=O) groups excluding carboxylic acids is 2. The summed E-state index contributed by atoms with van der Waals surface area (Å²) in [6.07, 6.45) is 0.396. The number of benzene rings is 1. The van der Waals surface area contributed by atoms with Gasteiger partial charge >= 0.3 is 0 Å². The zero-order chi connectivity index (χ0) is 18.4. The normalized spacial score (nSPS) is 12.2. The van der Waals surface area contributed by atoms with E-state index in [9.17, 15) is 9.59 Å². The van der Waals surface area contributed by atoms with E-state index in [0.717, 1.165) is 10.6 Å². The molecule has 25 heavy (non-hydrogen) atoms. The van der Waals surface area contributed by atoms with Crippen molar-refractivity contribution in [2.75, 3.05) is 5.32 Å². The van der Waals surface area contributed by atoms with E-state index in [2.05, 4.69) is 20.8 Å². The summed E-state index contributed by atoms with van der Waals surface area (Å²) >= 11 is 1.31. The lowest BCUT2D eigenvalue weighted by Gasteiger charge is -2.21. The van der Waals surface area contributed by atoms with E-state index in [1.807, 2.05) is 58.0 Å². The first-order chi connectivity index (χ1) is 11.9. The lowest BCUT2D eigenvalue weighted by atomic mass is 10.0. The molecule has 2 aromatic rings. The summed E-state index contributed by atoms with van der Waals surface area (Å²) in [5, 5.41) is 14.9. The van der Waals surface area contributed by atoms with Crippen LogP contribution in [0.2, 0.25) is 0 Å². The van der Waals surface area contributed by atoms with Gasteiger partial charge in [0.1, 0.15) is 11.0 Å². The van der Waals surface area contributed by atoms with Crippen LogP contribution in [0.15, 0.2) is 30.3 Å². The average Bonchev–Trinajstić information content (AvgIpc) is 3.01. The number of anilines is 1. The number of nitrogens with one attached hydrogen (secondary N) is 2. The topological polar surface area (TPSA) is 84.0 Å². The molecule has 1 unspecified atom stereocenters. The standard InChI is InChI=1S/C18H24N4O2S/c1-11(2)10-14(23)19-15(12(3)4)16(24)20-18-22-21-17(25-18)13-8-6-5-7-9-13/h5-9,11-12,15H,10H2,1-4H3,(H,19,23)(H,20,22,24). The maximum Gasteiger partial charge on any atom is 0.249 e. The lowest BCUT2D eigenvalue weighted by molar-refractivity contribution is -0.127. The van der Waals surface area contributed by atoms with E-state index in [0.29, 0.717) is 11.6 Å². The SMILES string of the molecule is CC(C)CC(=O)NC(C(=O)Nc1nnc(-c2ccccc2)s1)C(C)C. The molecule has 2 amide bonds. The fraction of sp³-hybridized carbons (Fsp3) is 0.444. The third-order valence-corrected chi connectivity index (χ3v) is 4.42. The summed E-state index contributed by atoms with van der Waals surface area (Å²) < 4.78 is 0. The van der Waals surface area contributed by atoms with Crippen LogP contribution in [0.3, 0.4) is 0 Å². The van der Waals surface area contributed by atoms with Crippen LogP contribution < -0.4 is 10.6 Å². The van der Waals surface area contributed by atoms with Crippen molar-refractivity contribution in [1.29, 1.82) is 0 Å². The fourth-order valence-electron chi connectivity index (χ4n) is 2.29. The summed E-state index contributed by atoms with van der Waals surface area (Å²) in [7, 11) is 0. The minimum atomic E-state index is -0.602. The Kier molecular flexibility index (Phi) is 6.64. The molecule has 2 rings (SSSR count). The lowest BCUT2D eigenvalue weighted by Crippen LogP contribution is -2.47. The van der Waals surface area contributed by atoms with Crippen LogP contribution in [0.5, 0.6) is 0 Å². The Bertz CT molecular complexity index is 713. The molecule has 0 spiro atoms. The number of hydrogen-bond donors (Lipinski definition) is 2. The molecule has 7 heteroatoms. The molecule has 0 saturated heterocycles. The Morgan fingerprint density at radius 3 is 2.36 bits per heavy atom. The molecule has 1 atom stereocenters. The first kappa shape index (κ1) is 19.1. The van der Waals surface area contributed by atoms with Crippen molar-refractivity contribution in [1.82, 2.24) is 15.5 Å². The predicted molar refractivity (Wildman–Crippen MR) is 100 cm³/mol. The van der Waals surface area contributed by atoms with E-state index < -0.39 is 6.04 Å². The molecule has 1 aromatic heterocycles. The molecule has 0 aliphatic heterocycles. The Morgan fingerprint density at radius 1 is 1.08 bits per heavy atom. The van der Waals surface area contributed by atoms with Crippen LogP contribution in [0.1, 0.15) is 34.1 Å². The van der Waals surface area contributed by atoms with Gasteiger partial charge in [0, 0.05) is 12.0 Å². The fourth-order valence-corrected chi connectivity index (χ4v) is 3.04. The first-order valence-electron chi connectivity index (χ1n) is 8.36. The van der Waals surface area contributed by atoms with Crippen LogP contribution >= 0.6 is 11.3 Å². The molecule has 1 aromatic carbocycles. The maximum atomic E-state index is 12.5. The predicted octanol–water partition coefficient (Wildman–Crippen LogP) is 3.33. The highest BCUT2D eigenvalue weighted by atomic mass is 32.1. The third-order valence-electron chi connectivity index (χ3n) is 3.54. The second-order valence-electron chi connectivity index (χ2n) is 6.65. The van der Waals surface area contributed by atoms with Gasteiger partial charge in [0.15, 0.2) is 0 Å². The van der Waals surface area contributed by atoms with Crippen LogP contribution in [0.4, 0.5) is 5.13 Å². The van der Waals surface area contributed by atoms with E-state index in [1.54, 1.807) is 0 Å². The van der Waals surface area contributed by atoms with Gasteiger partial charge in [0.2, 0.25) is 16.9 Å². The molecular formula is C18H24N4O2S. The average molecular weight is 360 g/mol. The molecule has 134 valence electrons. The van der Waals surface area contributed by atoms with Gasteiger partial charge in [-0.3, -0.25) is 14.9 Å². The van der Waals surface area contributed by atoms with Crippen LogP contribution in [0.25, 0.3) is 10.6 Å². The van der Waals surface area contributed by atoms with Crippen molar-refractivity contribution in [3.8, 4) is 10.6 Å². The summed E-state index contributed by atoms with van der Waals surface area (Å²) in [5.41, 5.74) is 0.950. The summed E-state index contributed by atoms with van der Waals surface area (Å²) in [6.45, 7) is 7.73. The molecule has 2 N–H and O–H groups in total. The Hall–Kier alpha value is -2.28. The highest BCUT2D eigenvalue weighted by Crippen LogP contribution is 2.26. The quantitative estimate of drug-likeness (QED) is 0.793. The minimum absolute atomic E-state index is 0.0300. The number of amides is 2. The summed E-state index contributed by atoms with van der Waals surface area (Å²) in [6, 6.07) is 9.06. The third kappa shape index (κ3) is 5.63. The van der Waals surface area contributed by atoms with Crippen molar-refractivity contribution in [2.45, 2.75) is 40.2 Å². The number of nitrogens with zero attached hydrogens (tertiary/aromatic N) is 2. The van der Waals surface area contributed by atoms with E-state index >= 15 is 0 Å². The molecule has 6 nitrogen and oxygen atoms in total. The minimum Gasteiger partial charge on any atom is -0.344 e. The Balaban J connectivity index is 2.03. The zero-order valence-corrected chi connectivity index (χ0v) is 15.8. The molecule has 0 bridgehead atoms. The van der Waals surface area contributed by atoms with Gasteiger partial charge in [-0.1, -0.05) is 69.4 Å². The summed E-state index contributed by atoms with van der Waals surface area (Å²) in [5.74, 6) is -0.181. The number of aromatic nitrogens is 2. The molecule has 0 radical (unpaired) electrons. The van der Waals surface area contributed by atoms with Gasteiger partial charge in [-0.25, -0.2) is 0 Å². The van der Waals surface area contributed by atoms with Crippen molar-refractivity contribution < 1.29 is 9.59 Å². The number of rotatable bonds is 7. The van der Waals surface area contributed by atoms with E-state index in [-0.39, 0.29) is 23.7 Å².